The summed E-state index contributed by atoms with van der Waals surface area (Å²) in [6, 6.07) is 0. The summed E-state index contributed by atoms with van der Waals surface area (Å²) < 4.78 is 4.17. The van der Waals surface area contributed by atoms with E-state index in [1.807, 2.05) is 0 Å². The second-order valence-electron chi connectivity index (χ2n) is 2.72. The predicted octanol–water partition coefficient (Wildman–Crippen LogP) is -5.14. The van der Waals surface area contributed by atoms with Gasteiger partial charge < -0.3 is 44.3 Å². The van der Waals surface area contributed by atoms with Crippen molar-refractivity contribution in [1.29, 1.82) is 0 Å². The molecule has 0 aliphatic heterocycles. The van der Waals surface area contributed by atoms with Gasteiger partial charge in [-0.25, -0.2) is 0 Å². The summed E-state index contributed by atoms with van der Waals surface area (Å²) in [5, 5.41) is 37.7. The molecule has 0 N–H and O–H groups in total. The van der Waals surface area contributed by atoms with Crippen molar-refractivity contribution in [3.8, 4) is 0 Å². The van der Waals surface area contributed by atoms with Crippen LogP contribution in [-0.2, 0) is 28.7 Å². The van der Waals surface area contributed by atoms with Crippen LogP contribution in [0.3, 0.4) is 0 Å². The third-order valence-corrected chi connectivity index (χ3v) is 0.960. The van der Waals surface area contributed by atoms with E-state index in [-0.39, 0.29) is 13.4 Å². The molecule has 0 unspecified atom stereocenters. The van der Waals surface area contributed by atoms with E-state index in [9.17, 15) is 44.4 Å². The number of ether oxygens (including phenoxy) is 1. The standard InChI is InChI=1S/2C4H4O4.C4H6O2.C/c2*5-3(6)1-2-4(7)8;1-3-6-4(2)5;/h2*1-2H,(H,5,6)(H,7,8);3H,1H2,2H3;/q;;;+4/p-4/b2*2-1-;;. The zero-order valence-electron chi connectivity index (χ0n) is 11.7. The summed E-state index contributed by atoms with van der Waals surface area (Å²) in [6.07, 6.45) is 2.64. The van der Waals surface area contributed by atoms with Crippen LogP contribution in [0.5, 0.6) is 0 Å². The first-order valence-corrected chi connectivity index (χ1v) is 5.01. The van der Waals surface area contributed by atoms with Crippen molar-refractivity contribution in [3.05, 3.63) is 44.6 Å². The first-order valence-electron chi connectivity index (χ1n) is 5.01. The molecule has 10 nitrogen and oxygen atoms in total. The number of carboxylic acid groups (broad SMARTS) is 4. The summed E-state index contributed by atoms with van der Waals surface area (Å²) in [7, 11) is 0. The smallest absolute Gasteiger partial charge is 0.545 e. The molecule has 23 heavy (non-hydrogen) atoms. The number of carbonyl (C=O) groups is 5. The minimum atomic E-state index is -1.55. The maximum absolute atomic E-state index is 9.75. The van der Waals surface area contributed by atoms with Crippen molar-refractivity contribution in [2.75, 3.05) is 0 Å². The topological polar surface area (TPSA) is 187 Å². The molecule has 0 aromatic rings. The molecular weight excluding hydrogens is 316 g/mol. The molecule has 0 rings (SSSR count). The predicted molar refractivity (Wildman–Crippen MR) is 63.5 cm³/mol. The number of aliphatic carboxylic acids is 4. The molecule has 10 heteroatoms. The van der Waals surface area contributed by atoms with Crippen molar-refractivity contribution in [2.45, 2.75) is 6.92 Å². The van der Waals surface area contributed by atoms with Crippen molar-refractivity contribution < 1.29 is 49.1 Å². The molecule has 0 aromatic heterocycles. The van der Waals surface area contributed by atoms with Gasteiger partial charge in [0.25, 0.3) is 0 Å². The van der Waals surface area contributed by atoms with Gasteiger partial charge in [-0.2, -0.15) is 0 Å². The summed E-state index contributed by atoms with van der Waals surface area (Å²) in [4.78, 5) is 47.4. The monoisotopic (exact) mass is 326 g/mol. The quantitative estimate of drug-likeness (QED) is 0.268. The average molecular weight is 326 g/mol. The number of carbonyl (C=O) groups excluding carboxylic acids is 5. The van der Waals surface area contributed by atoms with Gasteiger partial charge in [0.05, 0.1) is 30.1 Å². The zero-order chi connectivity index (χ0) is 18.1. The first-order chi connectivity index (χ1) is 10.0. The van der Waals surface area contributed by atoms with Gasteiger partial charge in [-0.15, -0.1) is 0 Å². The molecule has 0 heterocycles. The first kappa shape index (κ1) is 27.8. The van der Waals surface area contributed by atoms with Gasteiger partial charge in [0, 0.05) is 6.92 Å². The fourth-order valence-electron chi connectivity index (χ4n) is 0.390. The fourth-order valence-corrected chi connectivity index (χ4v) is 0.390. The summed E-state index contributed by atoms with van der Waals surface area (Å²) in [6.45, 7) is 4.48. The van der Waals surface area contributed by atoms with Crippen LogP contribution in [0.4, 0.5) is 0 Å². The Bertz CT molecular complexity index is 407. The third kappa shape index (κ3) is 55.7. The van der Waals surface area contributed by atoms with E-state index >= 15 is 0 Å². The normalized spacial score (nSPS) is 8.39. The van der Waals surface area contributed by atoms with Crippen LogP contribution in [0, 0.1) is 7.43 Å². The molecule has 0 fully saturated rings. The van der Waals surface area contributed by atoms with Crippen molar-refractivity contribution in [1.82, 2.24) is 0 Å². The molecule has 0 saturated carbocycles. The Morgan fingerprint density at radius 1 is 0.739 bits per heavy atom. The zero-order valence-corrected chi connectivity index (χ0v) is 11.7. The number of carboxylic acids is 4. The van der Waals surface area contributed by atoms with E-state index < -0.39 is 23.9 Å². The van der Waals surface area contributed by atoms with Gasteiger partial charge in [0.15, 0.2) is 0 Å². The molecule has 0 amide bonds. The number of hydrogen-bond donors (Lipinski definition) is 0. The fraction of sp³-hybridized carbons (Fsp3) is 0.0769. The van der Waals surface area contributed by atoms with E-state index in [0.29, 0.717) is 24.3 Å². The van der Waals surface area contributed by atoms with Gasteiger partial charge >= 0.3 is 13.4 Å². The Hall–Kier alpha value is -3.43. The van der Waals surface area contributed by atoms with Gasteiger partial charge in [-0.1, -0.05) is 6.58 Å². The molecule has 0 aromatic carbocycles. The minimum absolute atomic E-state index is 0. The summed E-state index contributed by atoms with van der Waals surface area (Å²) >= 11 is 0. The largest absolute Gasteiger partial charge is 4.00 e. The van der Waals surface area contributed by atoms with Gasteiger partial charge in [0.2, 0.25) is 0 Å². The maximum atomic E-state index is 9.75. The van der Waals surface area contributed by atoms with Crippen LogP contribution in [0.1, 0.15) is 6.92 Å². The van der Waals surface area contributed by atoms with Crippen LogP contribution in [-0.4, -0.2) is 29.8 Å². The van der Waals surface area contributed by atoms with Crippen LogP contribution >= 0.6 is 0 Å². The van der Waals surface area contributed by atoms with Crippen LogP contribution in [0.15, 0.2) is 37.1 Å². The van der Waals surface area contributed by atoms with E-state index in [1.165, 1.54) is 6.92 Å². The van der Waals surface area contributed by atoms with Crippen molar-refractivity contribution >= 4 is 29.8 Å². The molecule has 0 saturated heterocycles. The number of hydrogen-bond acceptors (Lipinski definition) is 10. The van der Waals surface area contributed by atoms with Gasteiger partial charge in [-0.05, 0) is 24.3 Å². The second kappa shape index (κ2) is 18.6. The molecule has 0 spiro atoms. The molecule has 0 radical (unpaired) electrons. The van der Waals surface area contributed by atoms with Crippen LogP contribution in [0.2, 0.25) is 0 Å². The maximum Gasteiger partial charge on any atom is 4.00 e. The SMILES string of the molecule is C=COC(C)=O.O=C([O-])/C=C\C(=O)[O-].O=C([O-])/C=C\C(=O)[O-].[C+4]. The van der Waals surface area contributed by atoms with Crippen molar-refractivity contribution in [2.24, 2.45) is 0 Å². The molecule has 0 atom stereocenters. The van der Waals surface area contributed by atoms with E-state index in [0.717, 1.165) is 6.26 Å². The van der Waals surface area contributed by atoms with Gasteiger partial charge in [-0.3, -0.25) is 4.79 Å². The minimum Gasteiger partial charge on any atom is -0.545 e. The molecule has 0 bridgehead atoms. The molecule has 122 valence electrons. The Kier molecular flexibility index (Phi) is 22.5. The third-order valence-electron chi connectivity index (χ3n) is 0.960. The second-order valence-corrected chi connectivity index (χ2v) is 2.72. The molecule has 0 aliphatic rings. The average Bonchev–Trinajstić information content (AvgIpc) is 2.35. The van der Waals surface area contributed by atoms with E-state index in [4.69, 9.17) is 0 Å². The van der Waals surface area contributed by atoms with Crippen molar-refractivity contribution in [3.63, 3.8) is 0 Å². The summed E-state index contributed by atoms with van der Waals surface area (Å²) in [5.41, 5.74) is 0. The van der Waals surface area contributed by atoms with Crippen LogP contribution < -0.4 is 20.4 Å². The Morgan fingerprint density at radius 3 is 1.00 bits per heavy atom. The Balaban J connectivity index is -0.000000117. The number of esters is 1. The van der Waals surface area contributed by atoms with E-state index in [2.05, 4.69) is 11.3 Å². The summed E-state index contributed by atoms with van der Waals surface area (Å²) in [5.74, 6) is -6.52. The van der Waals surface area contributed by atoms with Gasteiger partial charge in [0.1, 0.15) is 0 Å². The molecule has 0 aliphatic carbocycles. The Labute approximate surface area is 131 Å². The van der Waals surface area contributed by atoms with Crippen LogP contribution in [0.25, 0.3) is 0 Å². The molecular formula is C13H10O10. The number of rotatable bonds is 5. The Morgan fingerprint density at radius 2 is 0.957 bits per heavy atom. The van der Waals surface area contributed by atoms with E-state index in [1.54, 1.807) is 0 Å².